The van der Waals surface area contributed by atoms with Crippen molar-refractivity contribution in [1.29, 1.82) is 0 Å². The van der Waals surface area contributed by atoms with Crippen LogP contribution in [0, 0.1) is 0 Å². The van der Waals surface area contributed by atoms with Crippen LogP contribution in [0.5, 0.6) is 0 Å². The highest BCUT2D eigenvalue weighted by molar-refractivity contribution is 7.16. The van der Waals surface area contributed by atoms with Crippen LogP contribution >= 0.6 is 34.3 Å². The quantitative estimate of drug-likeness (QED) is 0.175. The van der Waals surface area contributed by atoms with Gasteiger partial charge in [0.05, 0.1) is 11.1 Å². The van der Waals surface area contributed by atoms with E-state index in [-0.39, 0.29) is 24.0 Å². The van der Waals surface area contributed by atoms with Crippen molar-refractivity contribution in [1.82, 2.24) is 19.6 Å². The van der Waals surface area contributed by atoms with Crippen molar-refractivity contribution in [3.63, 3.8) is 0 Å². The highest BCUT2D eigenvalue weighted by atomic mass is 35.5. The number of rotatable bonds is 8. The van der Waals surface area contributed by atoms with E-state index in [9.17, 15) is 19.2 Å². The van der Waals surface area contributed by atoms with Crippen LogP contribution in [-0.4, -0.2) is 96.0 Å². The lowest BCUT2D eigenvalue weighted by Gasteiger charge is -2.30. The lowest BCUT2D eigenvalue weighted by molar-refractivity contribution is 0.0754. The summed E-state index contributed by atoms with van der Waals surface area (Å²) in [6.45, 7) is 6.73. The minimum absolute atomic E-state index is 0.0660. The van der Waals surface area contributed by atoms with Crippen LogP contribution in [0.2, 0.25) is 4.34 Å². The van der Waals surface area contributed by atoms with Crippen LogP contribution in [0.25, 0.3) is 0 Å². The summed E-state index contributed by atoms with van der Waals surface area (Å²) >= 11 is 9.69. The number of thiophene rings is 2. The molecule has 0 saturated carbocycles. The van der Waals surface area contributed by atoms with Crippen LogP contribution in [-0.2, 0) is 22.7 Å². The van der Waals surface area contributed by atoms with Crippen LogP contribution in [0.3, 0.4) is 0 Å². The molecule has 10 nitrogen and oxygen atoms in total. The fourth-order valence-corrected chi connectivity index (χ4v) is 11.1. The second-order valence-electron chi connectivity index (χ2n) is 16.6. The molecule has 6 heterocycles. The number of piperidine rings is 2. The molecule has 4 aliphatic heterocycles. The maximum absolute atomic E-state index is 13.0. The van der Waals surface area contributed by atoms with Crippen LogP contribution in [0.4, 0.5) is 9.59 Å². The van der Waals surface area contributed by atoms with E-state index in [1.807, 2.05) is 81.9 Å². The van der Waals surface area contributed by atoms with Crippen molar-refractivity contribution in [3.05, 3.63) is 115 Å². The van der Waals surface area contributed by atoms with Crippen molar-refractivity contribution < 1.29 is 28.7 Å². The number of nitrogens with zero attached hydrogens (tertiary/aromatic N) is 4. The molecule has 4 aliphatic rings. The average molecular weight is 888 g/mol. The smallest absolute Gasteiger partial charge is 0.410 e. The van der Waals surface area contributed by atoms with Gasteiger partial charge in [0, 0.05) is 67.5 Å². The van der Waals surface area contributed by atoms with Gasteiger partial charge in [-0.3, -0.25) is 9.59 Å². The molecule has 4 amide bonds. The number of amides is 4. The van der Waals surface area contributed by atoms with Gasteiger partial charge in [-0.2, -0.15) is 0 Å². The number of benzene rings is 2. The molecule has 0 N–H and O–H groups in total. The van der Waals surface area contributed by atoms with Crippen molar-refractivity contribution in [2.75, 3.05) is 52.4 Å². The zero-order chi connectivity index (χ0) is 42.4. The Kier molecular flexibility index (Phi) is 16.6. The van der Waals surface area contributed by atoms with Gasteiger partial charge in [0.15, 0.2) is 0 Å². The maximum Gasteiger partial charge on any atom is 0.410 e. The summed E-state index contributed by atoms with van der Waals surface area (Å²) in [7, 11) is 0. The summed E-state index contributed by atoms with van der Waals surface area (Å²) in [6, 6.07) is 23.6. The molecule has 0 aliphatic carbocycles. The molecule has 0 unspecified atom stereocenters. The Balaban J connectivity index is 0.000000184. The lowest BCUT2D eigenvalue weighted by atomic mass is 9.95. The van der Waals surface area contributed by atoms with Crippen molar-refractivity contribution in [3.8, 4) is 0 Å². The highest BCUT2D eigenvalue weighted by Gasteiger charge is 2.30. The van der Waals surface area contributed by atoms with E-state index >= 15 is 0 Å². The Morgan fingerprint density at radius 2 is 0.984 bits per heavy atom. The van der Waals surface area contributed by atoms with E-state index in [1.165, 1.54) is 41.9 Å². The molecular formula is C48H59ClN4O6S2. The normalized spacial score (nSPS) is 18.0. The minimum Gasteiger partial charge on any atom is -0.445 e. The number of likely N-dealkylation sites (tertiary alicyclic amines) is 4. The summed E-state index contributed by atoms with van der Waals surface area (Å²) in [4.78, 5) is 60.6. The molecule has 2 aromatic carbocycles. The van der Waals surface area contributed by atoms with Crippen LogP contribution < -0.4 is 0 Å². The Labute approximate surface area is 373 Å². The number of carbonyl (C=O) groups is 4. The third kappa shape index (κ3) is 12.6. The molecule has 2 aromatic heterocycles. The summed E-state index contributed by atoms with van der Waals surface area (Å²) in [5.74, 6) is 0.989. The molecule has 4 aromatic rings. The first kappa shape index (κ1) is 44.7. The minimum atomic E-state index is -0.261. The molecule has 0 spiro atoms. The fourth-order valence-electron chi connectivity index (χ4n) is 8.63. The predicted octanol–water partition coefficient (Wildman–Crippen LogP) is 11.2. The number of halogens is 1. The zero-order valence-corrected chi connectivity index (χ0v) is 37.5. The van der Waals surface area contributed by atoms with Gasteiger partial charge >= 0.3 is 12.2 Å². The first-order valence-corrected chi connectivity index (χ1v) is 24.3. The van der Waals surface area contributed by atoms with Crippen LogP contribution in [0.1, 0.15) is 130 Å². The second kappa shape index (κ2) is 22.6. The Morgan fingerprint density at radius 1 is 0.541 bits per heavy atom. The van der Waals surface area contributed by atoms with E-state index in [1.54, 1.807) is 21.1 Å². The number of hydrogen-bond donors (Lipinski definition) is 0. The molecule has 0 atom stereocenters. The van der Waals surface area contributed by atoms with Crippen molar-refractivity contribution in [2.24, 2.45) is 0 Å². The average Bonchev–Trinajstić information content (AvgIpc) is 3.73. The lowest BCUT2D eigenvalue weighted by Crippen LogP contribution is -2.38. The summed E-state index contributed by atoms with van der Waals surface area (Å²) < 4.78 is 11.5. The van der Waals surface area contributed by atoms with E-state index in [0.717, 1.165) is 99.1 Å². The number of carbonyl (C=O) groups excluding carboxylic acids is 4. The van der Waals surface area contributed by atoms with E-state index in [2.05, 4.69) is 6.07 Å². The Bertz CT molecular complexity index is 2010. The standard InChI is InChI=1S/C24H29ClN2O3S.C24H30N2O3S/c25-22-20(23(28)26-12-6-1-2-7-13-26)16-21(31-22)19-10-14-27(15-11-19)24(29)30-17-18-8-4-3-5-9-18;27-23(25-12-6-1-2-7-13-25)21-16-22(30-18-21)20-10-14-26(15-11-20)24(28)29-17-19-8-4-3-5-9-19/h3-5,8-9,16,19H,1-2,6-7,10-15,17H2;3-5,8-9,16,18,20H,1-2,6-7,10-15,17H2. The summed E-state index contributed by atoms with van der Waals surface area (Å²) in [6.07, 6.45) is 12.2. The first-order chi connectivity index (χ1) is 29.8. The van der Waals surface area contributed by atoms with Gasteiger partial charge in [-0.15, -0.1) is 22.7 Å². The van der Waals surface area contributed by atoms with Gasteiger partial charge < -0.3 is 29.1 Å². The second-order valence-corrected chi connectivity index (χ2v) is 19.2. The molecule has 61 heavy (non-hydrogen) atoms. The first-order valence-electron chi connectivity index (χ1n) is 22.2. The fraction of sp³-hybridized carbons (Fsp3) is 0.500. The Hall–Kier alpha value is -4.39. The third-order valence-electron chi connectivity index (χ3n) is 12.3. The van der Waals surface area contributed by atoms with Gasteiger partial charge in [0.1, 0.15) is 17.6 Å². The Morgan fingerprint density at radius 3 is 1.46 bits per heavy atom. The summed E-state index contributed by atoms with van der Waals surface area (Å²) in [5.41, 5.74) is 3.47. The van der Waals surface area contributed by atoms with Gasteiger partial charge in [-0.1, -0.05) is 97.9 Å². The number of ether oxygens (including phenoxy) is 2. The van der Waals surface area contributed by atoms with E-state index in [0.29, 0.717) is 61.1 Å². The van der Waals surface area contributed by atoms with E-state index in [4.69, 9.17) is 21.1 Å². The monoisotopic (exact) mass is 886 g/mol. The van der Waals surface area contributed by atoms with Gasteiger partial charge in [-0.25, -0.2) is 9.59 Å². The molecule has 0 radical (unpaired) electrons. The predicted molar refractivity (Wildman–Crippen MR) is 243 cm³/mol. The number of hydrogen-bond acceptors (Lipinski definition) is 8. The molecule has 8 rings (SSSR count). The highest BCUT2D eigenvalue weighted by Crippen LogP contribution is 2.38. The topological polar surface area (TPSA) is 99.7 Å². The SMILES string of the molecule is O=C(OCc1ccccc1)N1CCC(c2cc(C(=O)N3CCCCCC3)c(Cl)s2)CC1.O=C(OCc1ccccc1)N1CCC(c2cc(C(=O)N3CCCCCC3)cs2)CC1. The van der Waals surface area contributed by atoms with Gasteiger partial charge in [0.2, 0.25) is 0 Å². The zero-order valence-electron chi connectivity index (χ0n) is 35.1. The van der Waals surface area contributed by atoms with Crippen molar-refractivity contribution >= 4 is 58.3 Å². The van der Waals surface area contributed by atoms with Gasteiger partial charge in [0.25, 0.3) is 11.8 Å². The molecule has 326 valence electrons. The molecular weight excluding hydrogens is 828 g/mol. The van der Waals surface area contributed by atoms with Crippen molar-refractivity contribution in [2.45, 2.75) is 102 Å². The molecule has 4 saturated heterocycles. The maximum atomic E-state index is 13.0. The van der Waals surface area contributed by atoms with E-state index < -0.39 is 0 Å². The molecule has 4 fully saturated rings. The largest absolute Gasteiger partial charge is 0.445 e. The van der Waals surface area contributed by atoms with Gasteiger partial charge in [-0.05, 0) is 86.5 Å². The molecule has 13 heteroatoms. The third-order valence-corrected chi connectivity index (χ3v) is 14.9. The molecule has 0 bridgehead atoms. The van der Waals surface area contributed by atoms with Crippen LogP contribution in [0.15, 0.2) is 78.2 Å². The summed E-state index contributed by atoms with van der Waals surface area (Å²) in [5, 5.41) is 2.02.